The van der Waals surface area contributed by atoms with E-state index in [0.717, 1.165) is 11.3 Å². The van der Waals surface area contributed by atoms with E-state index in [0.29, 0.717) is 32.8 Å². The molecule has 0 spiro atoms. The Balaban J connectivity index is 1.52. The third-order valence-corrected chi connectivity index (χ3v) is 5.18. The summed E-state index contributed by atoms with van der Waals surface area (Å²) in [6, 6.07) is 13.4. The highest BCUT2D eigenvalue weighted by atomic mass is 35.5. The summed E-state index contributed by atoms with van der Waals surface area (Å²) in [4.78, 5) is 0. The molecule has 7 heteroatoms. The molecule has 2 aromatic carbocycles. The molecule has 3 aromatic rings. The van der Waals surface area contributed by atoms with Gasteiger partial charge in [0.15, 0.2) is 6.61 Å². The molecule has 0 N–H and O–H groups in total. The monoisotopic (exact) mass is 408 g/mol. The van der Waals surface area contributed by atoms with Crippen LogP contribution in [0.15, 0.2) is 52.1 Å². The summed E-state index contributed by atoms with van der Waals surface area (Å²) in [7, 11) is 0. The van der Waals surface area contributed by atoms with Crippen LogP contribution in [0.3, 0.4) is 0 Å². The van der Waals surface area contributed by atoms with Gasteiger partial charge in [0.05, 0.1) is 0 Å². The average molecular weight is 409 g/mol. The van der Waals surface area contributed by atoms with Crippen LogP contribution in [0.4, 0.5) is 0 Å². The summed E-state index contributed by atoms with van der Waals surface area (Å²) < 4.78 is 11.3. The third kappa shape index (κ3) is 5.16. The van der Waals surface area contributed by atoms with Crippen LogP contribution in [-0.4, -0.2) is 10.2 Å². The molecule has 4 nitrogen and oxygen atoms in total. The van der Waals surface area contributed by atoms with Crippen LogP contribution in [0.5, 0.6) is 5.75 Å². The second kappa shape index (κ2) is 8.80. The Morgan fingerprint density at radius 1 is 1.08 bits per heavy atom. The summed E-state index contributed by atoms with van der Waals surface area (Å²) in [5, 5.41) is 9.75. The molecule has 26 heavy (non-hydrogen) atoms. The summed E-state index contributed by atoms with van der Waals surface area (Å²) in [5.74, 6) is 2.32. The van der Waals surface area contributed by atoms with E-state index >= 15 is 0 Å². The van der Waals surface area contributed by atoms with Gasteiger partial charge in [0.25, 0.3) is 11.1 Å². The lowest BCUT2D eigenvalue weighted by Gasteiger charge is -2.07. The molecule has 3 rings (SSSR count). The van der Waals surface area contributed by atoms with Crippen LogP contribution in [0.25, 0.3) is 0 Å². The number of ether oxygens (including phenoxy) is 1. The quantitative estimate of drug-likeness (QED) is 0.424. The van der Waals surface area contributed by atoms with Crippen molar-refractivity contribution < 1.29 is 9.15 Å². The lowest BCUT2D eigenvalue weighted by Crippen LogP contribution is -1.96. The Hall–Kier alpha value is -1.69. The normalized spacial score (nSPS) is 11.1. The van der Waals surface area contributed by atoms with Crippen molar-refractivity contribution in [3.05, 3.63) is 69.5 Å². The van der Waals surface area contributed by atoms with Gasteiger partial charge in [0, 0.05) is 15.8 Å². The molecule has 1 aromatic heterocycles. The third-order valence-electron chi connectivity index (χ3n) is 3.72. The van der Waals surface area contributed by atoms with Gasteiger partial charge >= 0.3 is 0 Å². The molecule has 0 aliphatic heterocycles. The number of thioether (sulfide) groups is 1. The highest BCUT2D eigenvalue weighted by Gasteiger charge is 2.10. The SMILES string of the molecule is CC(C)c1ccc(OCc2nnc(SCc3ccc(Cl)cc3Cl)o2)cc1. The lowest BCUT2D eigenvalue weighted by molar-refractivity contribution is 0.252. The highest BCUT2D eigenvalue weighted by molar-refractivity contribution is 7.98. The lowest BCUT2D eigenvalue weighted by atomic mass is 10.0. The molecular formula is C19H18Cl2N2O2S. The van der Waals surface area contributed by atoms with E-state index in [9.17, 15) is 0 Å². The van der Waals surface area contributed by atoms with Crippen LogP contribution < -0.4 is 4.74 Å². The Kier molecular flexibility index (Phi) is 6.46. The van der Waals surface area contributed by atoms with E-state index in [1.165, 1.54) is 17.3 Å². The van der Waals surface area contributed by atoms with Gasteiger partial charge in [-0.25, -0.2) is 0 Å². The van der Waals surface area contributed by atoms with E-state index in [1.54, 1.807) is 12.1 Å². The van der Waals surface area contributed by atoms with Crippen molar-refractivity contribution in [3.63, 3.8) is 0 Å². The molecule has 0 atom stereocenters. The zero-order valence-electron chi connectivity index (χ0n) is 14.4. The summed E-state index contributed by atoms with van der Waals surface area (Å²) in [5.41, 5.74) is 2.23. The standard InChI is InChI=1S/C19H18Cl2N2O2S/c1-12(2)13-4-7-16(8-5-13)24-10-18-22-23-19(25-18)26-11-14-3-6-15(20)9-17(14)21/h3-9,12H,10-11H2,1-2H3. The molecule has 0 bridgehead atoms. The molecule has 1 heterocycles. The molecule has 0 saturated heterocycles. The van der Waals surface area contributed by atoms with Gasteiger partial charge in [-0.3, -0.25) is 0 Å². The van der Waals surface area contributed by atoms with Crippen molar-refractivity contribution in [1.29, 1.82) is 0 Å². The molecule has 0 saturated carbocycles. The van der Waals surface area contributed by atoms with E-state index in [2.05, 4.69) is 36.2 Å². The van der Waals surface area contributed by atoms with Crippen molar-refractivity contribution in [2.24, 2.45) is 0 Å². The van der Waals surface area contributed by atoms with Crippen LogP contribution in [0, 0.1) is 0 Å². The zero-order chi connectivity index (χ0) is 18.5. The molecule has 0 unspecified atom stereocenters. The maximum absolute atomic E-state index is 6.16. The number of halogens is 2. The van der Waals surface area contributed by atoms with E-state index in [-0.39, 0.29) is 6.61 Å². The minimum atomic E-state index is 0.232. The van der Waals surface area contributed by atoms with Crippen LogP contribution in [0.1, 0.15) is 36.8 Å². The van der Waals surface area contributed by atoms with Crippen molar-refractivity contribution >= 4 is 35.0 Å². The zero-order valence-corrected chi connectivity index (χ0v) is 16.7. The Bertz CT molecular complexity index is 866. The van der Waals surface area contributed by atoms with Crippen LogP contribution >= 0.6 is 35.0 Å². The number of rotatable bonds is 7. The Morgan fingerprint density at radius 2 is 1.85 bits per heavy atom. The fourth-order valence-corrected chi connectivity index (χ4v) is 3.57. The summed E-state index contributed by atoms with van der Waals surface area (Å²) >= 11 is 13.5. The topological polar surface area (TPSA) is 48.2 Å². The maximum Gasteiger partial charge on any atom is 0.277 e. The van der Waals surface area contributed by atoms with Crippen molar-refractivity contribution in [2.75, 3.05) is 0 Å². The van der Waals surface area contributed by atoms with Gasteiger partial charge in [0.1, 0.15) is 5.75 Å². The number of aromatic nitrogens is 2. The predicted molar refractivity (Wildman–Crippen MR) is 105 cm³/mol. The summed E-state index contributed by atoms with van der Waals surface area (Å²) in [6.07, 6.45) is 0. The molecule has 0 amide bonds. The first-order valence-electron chi connectivity index (χ1n) is 8.13. The van der Waals surface area contributed by atoms with E-state index < -0.39 is 0 Å². The van der Waals surface area contributed by atoms with Gasteiger partial charge in [-0.2, -0.15) is 0 Å². The second-order valence-corrected chi connectivity index (χ2v) is 7.77. The highest BCUT2D eigenvalue weighted by Crippen LogP contribution is 2.28. The smallest absolute Gasteiger partial charge is 0.277 e. The Morgan fingerprint density at radius 3 is 2.54 bits per heavy atom. The van der Waals surface area contributed by atoms with Gasteiger partial charge in [-0.05, 0) is 41.3 Å². The number of hydrogen-bond acceptors (Lipinski definition) is 5. The minimum Gasteiger partial charge on any atom is -0.484 e. The first-order valence-corrected chi connectivity index (χ1v) is 9.87. The predicted octanol–water partition coefficient (Wildman–Crippen LogP) is 6.37. The molecule has 136 valence electrons. The van der Waals surface area contributed by atoms with E-state index in [4.69, 9.17) is 32.4 Å². The van der Waals surface area contributed by atoms with Crippen molar-refractivity contribution in [1.82, 2.24) is 10.2 Å². The molecule has 0 aliphatic rings. The van der Waals surface area contributed by atoms with E-state index in [1.807, 2.05) is 18.2 Å². The number of hydrogen-bond donors (Lipinski definition) is 0. The van der Waals surface area contributed by atoms with Crippen LogP contribution in [-0.2, 0) is 12.4 Å². The largest absolute Gasteiger partial charge is 0.484 e. The molecular weight excluding hydrogens is 391 g/mol. The fourth-order valence-electron chi connectivity index (χ4n) is 2.23. The van der Waals surface area contributed by atoms with Gasteiger partial charge < -0.3 is 9.15 Å². The number of nitrogens with zero attached hydrogens (tertiary/aromatic N) is 2. The molecule has 0 fully saturated rings. The van der Waals surface area contributed by atoms with Gasteiger partial charge in [0.2, 0.25) is 0 Å². The van der Waals surface area contributed by atoms with Crippen LogP contribution in [0.2, 0.25) is 10.0 Å². The molecule has 0 aliphatic carbocycles. The fraction of sp³-hybridized carbons (Fsp3) is 0.263. The first-order chi connectivity index (χ1) is 12.5. The van der Waals surface area contributed by atoms with Gasteiger partial charge in [-0.1, -0.05) is 67.0 Å². The summed E-state index contributed by atoms with van der Waals surface area (Å²) in [6.45, 7) is 4.55. The minimum absolute atomic E-state index is 0.232. The van der Waals surface area contributed by atoms with Gasteiger partial charge in [-0.15, -0.1) is 10.2 Å². The first kappa shape index (κ1) is 19.1. The maximum atomic E-state index is 6.16. The Labute approximate surface area is 166 Å². The van der Waals surface area contributed by atoms with Crippen molar-refractivity contribution in [3.8, 4) is 5.75 Å². The average Bonchev–Trinajstić information content (AvgIpc) is 3.07. The van der Waals surface area contributed by atoms with Crippen molar-refractivity contribution in [2.45, 2.75) is 37.3 Å². The second-order valence-electron chi connectivity index (χ2n) is 6.00. The molecule has 0 radical (unpaired) electrons. The number of benzene rings is 2.